The first-order valence-electron chi connectivity index (χ1n) is 7.62. The van der Waals surface area contributed by atoms with Crippen LogP contribution >= 0.6 is 15.9 Å². The van der Waals surface area contributed by atoms with Crippen molar-refractivity contribution >= 4 is 27.6 Å². The molecule has 1 fully saturated rings. The van der Waals surface area contributed by atoms with Gasteiger partial charge >= 0.3 is 6.03 Å². The molecular formula is C18H17BrN2O2. The van der Waals surface area contributed by atoms with Gasteiger partial charge in [0, 0.05) is 22.1 Å². The summed E-state index contributed by atoms with van der Waals surface area (Å²) in [7, 11) is 0. The van der Waals surface area contributed by atoms with Gasteiger partial charge in [0.2, 0.25) is 0 Å². The lowest BCUT2D eigenvalue weighted by atomic mass is 9.90. The summed E-state index contributed by atoms with van der Waals surface area (Å²) in [5.41, 5.74) is 2.33. The summed E-state index contributed by atoms with van der Waals surface area (Å²) >= 11 is 3.49. The Morgan fingerprint density at radius 3 is 2.74 bits per heavy atom. The number of nitrogens with one attached hydrogen (secondary N) is 1. The van der Waals surface area contributed by atoms with E-state index in [0.717, 1.165) is 27.0 Å². The van der Waals surface area contributed by atoms with Crippen molar-refractivity contribution in [1.82, 2.24) is 5.32 Å². The van der Waals surface area contributed by atoms with Gasteiger partial charge in [-0.15, -0.1) is 0 Å². The zero-order valence-corrected chi connectivity index (χ0v) is 14.6. The maximum absolute atomic E-state index is 12.7. The van der Waals surface area contributed by atoms with Gasteiger partial charge < -0.3 is 10.1 Å². The standard InChI is InChI=1S/C18H17BrN2O2/c1-11-3-6-13(7-4-11)21-17(22)20-15-10-18(21,2)23-16-8-5-12(19)9-14(15)16/h3-9,15H,10H2,1-2H3,(H,20,22)/t15-,18+/m1/s1. The van der Waals surface area contributed by atoms with Gasteiger partial charge in [0.05, 0.1) is 6.04 Å². The third-order valence-corrected chi connectivity index (χ3v) is 5.02. The first-order chi connectivity index (χ1) is 11.0. The topological polar surface area (TPSA) is 41.6 Å². The lowest BCUT2D eigenvalue weighted by Crippen LogP contribution is -2.65. The zero-order chi connectivity index (χ0) is 16.2. The molecule has 2 atom stereocenters. The van der Waals surface area contributed by atoms with Gasteiger partial charge in [0.15, 0.2) is 5.72 Å². The highest BCUT2D eigenvalue weighted by Crippen LogP contribution is 2.46. The van der Waals surface area contributed by atoms with Crippen molar-refractivity contribution in [2.75, 3.05) is 4.90 Å². The highest BCUT2D eigenvalue weighted by molar-refractivity contribution is 9.10. The van der Waals surface area contributed by atoms with E-state index in [0.29, 0.717) is 6.42 Å². The maximum Gasteiger partial charge on any atom is 0.325 e. The van der Waals surface area contributed by atoms with E-state index in [2.05, 4.69) is 21.2 Å². The Morgan fingerprint density at radius 2 is 2.00 bits per heavy atom. The number of benzene rings is 2. The van der Waals surface area contributed by atoms with Crippen molar-refractivity contribution < 1.29 is 9.53 Å². The Labute approximate surface area is 143 Å². The predicted octanol–water partition coefficient (Wildman–Crippen LogP) is 4.53. The monoisotopic (exact) mass is 372 g/mol. The van der Waals surface area contributed by atoms with Gasteiger partial charge in [0.25, 0.3) is 0 Å². The number of carbonyl (C=O) groups excluding carboxylic acids is 1. The van der Waals surface area contributed by atoms with Crippen LogP contribution in [0.1, 0.15) is 30.5 Å². The summed E-state index contributed by atoms with van der Waals surface area (Å²) in [5, 5.41) is 3.11. The second kappa shape index (κ2) is 4.99. The molecule has 0 unspecified atom stereocenters. The van der Waals surface area contributed by atoms with E-state index >= 15 is 0 Å². The molecule has 118 valence electrons. The molecular weight excluding hydrogens is 356 g/mol. The molecule has 23 heavy (non-hydrogen) atoms. The highest BCUT2D eigenvalue weighted by Gasteiger charge is 2.49. The number of ether oxygens (including phenoxy) is 1. The molecule has 2 aliphatic heterocycles. The summed E-state index contributed by atoms with van der Waals surface area (Å²) in [6.45, 7) is 4.01. The molecule has 2 aliphatic rings. The summed E-state index contributed by atoms with van der Waals surface area (Å²) in [6.07, 6.45) is 0.704. The van der Waals surface area contributed by atoms with Gasteiger partial charge in [0.1, 0.15) is 5.75 Å². The molecule has 0 spiro atoms. The van der Waals surface area contributed by atoms with Crippen LogP contribution in [-0.4, -0.2) is 11.8 Å². The first kappa shape index (κ1) is 14.6. The molecule has 5 heteroatoms. The summed E-state index contributed by atoms with van der Waals surface area (Å²) < 4.78 is 7.24. The van der Waals surface area contributed by atoms with Crippen LogP contribution in [0.5, 0.6) is 5.75 Å². The minimum absolute atomic E-state index is 0.0320. The Balaban J connectivity index is 1.79. The van der Waals surface area contributed by atoms with E-state index in [9.17, 15) is 4.79 Å². The second-order valence-corrected chi connectivity index (χ2v) is 7.25. The second-order valence-electron chi connectivity index (χ2n) is 6.34. The number of hydrogen-bond donors (Lipinski definition) is 1. The maximum atomic E-state index is 12.7. The van der Waals surface area contributed by atoms with Gasteiger partial charge in [-0.05, 0) is 44.2 Å². The summed E-state index contributed by atoms with van der Waals surface area (Å²) in [4.78, 5) is 14.4. The minimum Gasteiger partial charge on any atom is -0.467 e. The smallest absolute Gasteiger partial charge is 0.325 e. The highest BCUT2D eigenvalue weighted by atomic mass is 79.9. The van der Waals surface area contributed by atoms with Crippen molar-refractivity contribution in [3.05, 3.63) is 58.1 Å². The zero-order valence-electron chi connectivity index (χ0n) is 13.0. The fourth-order valence-corrected chi connectivity index (χ4v) is 3.81. The molecule has 1 N–H and O–H groups in total. The van der Waals surface area contributed by atoms with Crippen LogP contribution in [0.25, 0.3) is 0 Å². The third-order valence-electron chi connectivity index (χ3n) is 4.53. The van der Waals surface area contributed by atoms with E-state index in [-0.39, 0.29) is 12.1 Å². The number of amides is 2. The number of carbonyl (C=O) groups is 1. The number of urea groups is 1. The predicted molar refractivity (Wildman–Crippen MR) is 92.7 cm³/mol. The van der Waals surface area contributed by atoms with Crippen LogP contribution in [0.3, 0.4) is 0 Å². The summed E-state index contributed by atoms with van der Waals surface area (Å²) in [6, 6.07) is 13.7. The van der Waals surface area contributed by atoms with Crippen LogP contribution in [0, 0.1) is 6.92 Å². The largest absolute Gasteiger partial charge is 0.467 e. The lowest BCUT2D eigenvalue weighted by molar-refractivity contribution is 0.0378. The third kappa shape index (κ3) is 2.30. The van der Waals surface area contributed by atoms with E-state index < -0.39 is 5.72 Å². The molecule has 2 aromatic rings. The molecule has 2 aromatic carbocycles. The van der Waals surface area contributed by atoms with Crippen LogP contribution in [0.15, 0.2) is 46.9 Å². The normalized spacial score (nSPS) is 25.4. The Bertz CT molecular complexity index is 790. The van der Waals surface area contributed by atoms with E-state index in [1.54, 1.807) is 4.90 Å². The van der Waals surface area contributed by atoms with E-state index in [1.807, 2.05) is 56.3 Å². The van der Waals surface area contributed by atoms with Crippen LogP contribution in [-0.2, 0) is 0 Å². The number of aryl methyl sites for hydroxylation is 1. The van der Waals surface area contributed by atoms with Crippen LogP contribution < -0.4 is 15.0 Å². The average molecular weight is 373 g/mol. The van der Waals surface area contributed by atoms with Crippen molar-refractivity contribution in [3.63, 3.8) is 0 Å². The van der Waals surface area contributed by atoms with Crippen molar-refractivity contribution in [2.24, 2.45) is 0 Å². The van der Waals surface area contributed by atoms with E-state index in [4.69, 9.17) is 4.74 Å². The Hall–Kier alpha value is -2.01. The molecule has 1 saturated heterocycles. The molecule has 2 bridgehead atoms. The van der Waals surface area contributed by atoms with Gasteiger partial charge in [-0.3, -0.25) is 4.90 Å². The quantitative estimate of drug-likeness (QED) is 0.798. The lowest BCUT2D eigenvalue weighted by Gasteiger charge is -2.50. The van der Waals surface area contributed by atoms with E-state index in [1.165, 1.54) is 0 Å². The molecule has 0 aromatic heterocycles. The minimum atomic E-state index is -0.691. The molecule has 2 amide bonds. The van der Waals surface area contributed by atoms with Crippen LogP contribution in [0.2, 0.25) is 0 Å². The molecule has 0 aliphatic carbocycles. The molecule has 0 saturated carbocycles. The van der Waals surface area contributed by atoms with Crippen molar-refractivity contribution in [2.45, 2.75) is 32.0 Å². The number of rotatable bonds is 1. The fourth-order valence-electron chi connectivity index (χ4n) is 3.43. The SMILES string of the molecule is Cc1ccc(N2C(=O)N[C@@H]3C[C@]2(C)Oc2ccc(Br)cc23)cc1. The average Bonchev–Trinajstić information content (AvgIpc) is 2.49. The van der Waals surface area contributed by atoms with Gasteiger partial charge in [-0.25, -0.2) is 4.79 Å². The van der Waals surface area contributed by atoms with Gasteiger partial charge in [-0.1, -0.05) is 33.6 Å². The van der Waals surface area contributed by atoms with Crippen LogP contribution in [0.4, 0.5) is 10.5 Å². The number of nitrogens with zero attached hydrogens (tertiary/aromatic N) is 1. The Morgan fingerprint density at radius 1 is 1.26 bits per heavy atom. The molecule has 4 rings (SSSR count). The Kier molecular flexibility index (Phi) is 3.17. The summed E-state index contributed by atoms with van der Waals surface area (Å²) in [5.74, 6) is 0.823. The number of hydrogen-bond acceptors (Lipinski definition) is 2. The number of halogens is 1. The molecule has 4 nitrogen and oxygen atoms in total. The molecule has 2 heterocycles. The van der Waals surface area contributed by atoms with Crippen molar-refractivity contribution in [1.29, 1.82) is 0 Å². The number of anilines is 1. The van der Waals surface area contributed by atoms with Gasteiger partial charge in [-0.2, -0.15) is 0 Å². The fraction of sp³-hybridized carbons (Fsp3) is 0.278. The number of fused-ring (bicyclic) bond motifs is 4. The first-order valence-corrected chi connectivity index (χ1v) is 8.41. The molecule has 0 radical (unpaired) electrons. The van der Waals surface area contributed by atoms with Crippen molar-refractivity contribution in [3.8, 4) is 5.75 Å².